The zero-order valence-electron chi connectivity index (χ0n) is 11.8. The van der Waals surface area contributed by atoms with Gasteiger partial charge in [-0.15, -0.1) is 0 Å². The van der Waals surface area contributed by atoms with Crippen molar-refractivity contribution in [2.75, 3.05) is 13.1 Å². The van der Waals surface area contributed by atoms with Gasteiger partial charge in [-0.05, 0) is 25.0 Å². The molecule has 1 aromatic rings. The van der Waals surface area contributed by atoms with Gasteiger partial charge in [-0.2, -0.15) is 0 Å². The summed E-state index contributed by atoms with van der Waals surface area (Å²) in [6.07, 6.45) is 2.11. The van der Waals surface area contributed by atoms with Crippen LogP contribution in [0.25, 0.3) is 0 Å². The maximum atomic E-state index is 12.0. The molecule has 1 saturated heterocycles. The van der Waals surface area contributed by atoms with Crippen LogP contribution >= 0.6 is 0 Å². The molecular formula is C15H16N2O5. The summed E-state index contributed by atoms with van der Waals surface area (Å²) in [5.41, 5.74) is -0.129. The fourth-order valence-corrected chi connectivity index (χ4v) is 2.46. The fourth-order valence-electron chi connectivity index (χ4n) is 2.46. The van der Waals surface area contributed by atoms with E-state index in [0.717, 1.165) is 12.7 Å². The van der Waals surface area contributed by atoms with Crippen molar-refractivity contribution in [3.05, 3.63) is 35.4 Å². The monoisotopic (exact) mass is 304 g/mol. The second-order valence-corrected chi connectivity index (χ2v) is 4.97. The fraction of sp³-hybridized carbons (Fsp3) is 0.333. The van der Waals surface area contributed by atoms with Crippen LogP contribution in [-0.2, 0) is 9.59 Å². The lowest BCUT2D eigenvalue weighted by Crippen LogP contribution is -2.43. The number of likely N-dealkylation sites (tertiary alicyclic amines) is 1. The number of aromatic carboxylic acids is 1. The first-order valence-corrected chi connectivity index (χ1v) is 6.90. The molecule has 0 bridgehead atoms. The first kappa shape index (κ1) is 15.7. The topological polar surface area (TPSA) is 104 Å². The van der Waals surface area contributed by atoms with Gasteiger partial charge in [0, 0.05) is 6.54 Å². The zero-order valence-corrected chi connectivity index (χ0v) is 11.8. The van der Waals surface area contributed by atoms with E-state index >= 15 is 0 Å². The van der Waals surface area contributed by atoms with E-state index in [4.69, 9.17) is 5.11 Å². The Kier molecular flexibility index (Phi) is 4.88. The molecule has 0 unspecified atom stereocenters. The predicted molar refractivity (Wildman–Crippen MR) is 76.5 cm³/mol. The van der Waals surface area contributed by atoms with Crippen LogP contribution in [0, 0.1) is 0 Å². The molecule has 0 aromatic heterocycles. The zero-order chi connectivity index (χ0) is 16.1. The van der Waals surface area contributed by atoms with Crippen LogP contribution in [-0.4, -0.2) is 53.2 Å². The number of amides is 2. The summed E-state index contributed by atoms with van der Waals surface area (Å²) in [6.45, 7) is 0.223. The number of hydrogen-bond donors (Lipinski definition) is 2. The van der Waals surface area contributed by atoms with Crippen molar-refractivity contribution in [2.24, 2.45) is 0 Å². The second-order valence-electron chi connectivity index (χ2n) is 4.97. The highest BCUT2D eigenvalue weighted by Crippen LogP contribution is 2.15. The van der Waals surface area contributed by atoms with E-state index in [1.54, 1.807) is 6.07 Å². The van der Waals surface area contributed by atoms with Crippen LogP contribution in [0.15, 0.2) is 24.3 Å². The number of carboxylic acids is 1. The van der Waals surface area contributed by atoms with Gasteiger partial charge in [-0.25, -0.2) is 4.79 Å². The molecule has 22 heavy (non-hydrogen) atoms. The maximum Gasteiger partial charge on any atom is 0.336 e. The summed E-state index contributed by atoms with van der Waals surface area (Å²) >= 11 is 0. The standard InChI is InChI=1S/C15H16N2O5/c18-9-10-4-3-7-17(10)13(19)8-16-14(20)11-5-1-2-6-12(11)15(21)22/h1-2,5-6,9-10H,3-4,7-8H2,(H,16,20)(H,21,22)/t10-/m0/s1. The number of carboxylic acid groups (broad SMARTS) is 1. The van der Waals surface area contributed by atoms with Crippen LogP contribution in [0.3, 0.4) is 0 Å². The molecule has 1 aromatic carbocycles. The van der Waals surface area contributed by atoms with Crippen molar-refractivity contribution < 1.29 is 24.3 Å². The van der Waals surface area contributed by atoms with Crippen LogP contribution in [0.2, 0.25) is 0 Å². The summed E-state index contributed by atoms with van der Waals surface area (Å²) in [5.74, 6) is -2.19. The van der Waals surface area contributed by atoms with Crippen LogP contribution in [0.1, 0.15) is 33.6 Å². The van der Waals surface area contributed by atoms with E-state index in [1.807, 2.05) is 0 Å². The highest BCUT2D eigenvalue weighted by atomic mass is 16.4. The Balaban J connectivity index is 2.00. The van der Waals surface area contributed by atoms with E-state index in [0.29, 0.717) is 13.0 Å². The Labute approximate surface area is 126 Å². The molecule has 0 spiro atoms. The molecule has 116 valence electrons. The van der Waals surface area contributed by atoms with Gasteiger partial charge < -0.3 is 20.1 Å². The number of benzene rings is 1. The van der Waals surface area contributed by atoms with Gasteiger partial charge in [-0.1, -0.05) is 12.1 Å². The first-order valence-electron chi connectivity index (χ1n) is 6.90. The molecule has 7 heteroatoms. The number of rotatable bonds is 5. The normalized spacial score (nSPS) is 17.1. The van der Waals surface area contributed by atoms with Crippen LogP contribution in [0.5, 0.6) is 0 Å². The average molecular weight is 304 g/mol. The third kappa shape index (κ3) is 3.30. The lowest BCUT2D eigenvalue weighted by Gasteiger charge is -2.20. The van der Waals surface area contributed by atoms with E-state index in [9.17, 15) is 19.2 Å². The Morgan fingerprint density at radius 1 is 1.27 bits per heavy atom. The van der Waals surface area contributed by atoms with Crippen LogP contribution < -0.4 is 5.32 Å². The molecule has 1 aliphatic heterocycles. The Morgan fingerprint density at radius 2 is 1.95 bits per heavy atom. The molecule has 0 aliphatic carbocycles. The van der Waals surface area contributed by atoms with E-state index < -0.39 is 17.9 Å². The van der Waals surface area contributed by atoms with Gasteiger partial charge in [0.15, 0.2) is 0 Å². The highest BCUT2D eigenvalue weighted by Gasteiger charge is 2.28. The lowest BCUT2D eigenvalue weighted by molar-refractivity contribution is -0.133. The minimum Gasteiger partial charge on any atom is -0.478 e. The minimum atomic E-state index is -1.21. The molecule has 2 rings (SSSR count). The summed E-state index contributed by atoms with van der Waals surface area (Å²) in [6, 6.07) is 5.33. The average Bonchev–Trinajstić information content (AvgIpc) is 3.00. The summed E-state index contributed by atoms with van der Waals surface area (Å²) in [7, 11) is 0. The molecule has 1 fully saturated rings. The predicted octanol–water partition coefficient (Wildman–Crippen LogP) is 0.304. The van der Waals surface area contributed by atoms with Gasteiger partial charge in [0.1, 0.15) is 6.29 Å². The van der Waals surface area contributed by atoms with Crippen molar-refractivity contribution in [3.63, 3.8) is 0 Å². The number of carbonyl (C=O) groups is 4. The number of aldehydes is 1. The summed E-state index contributed by atoms with van der Waals surface area (Å²) < 4.78 is 0. The van der Waals surface area contributed by atoms with Crippen LogP contribution in [0.4, 0.5) is 0 Å². The third-order valence-corrected chi connectivity index (χ3v) is 3.58. The van der Waals surface area contributed by atoms with E-state index in [2.05, 4.69) is 5.32 Å². The first-order chi connectivity index (χ1) is 10.5. The molecular weight excluding hydrogens is 288 g/mol. The van der Waals surface area contributed by atoms with Gasteiger partial charge in [-0.3, -0.25) is 9.59 Å². The quantitative estimate of drug-likeness (QED) is 0.762. The van der Waals surface area contributed by atoms with Gasteiger partial charge in [0.2, 0.25) is 5.91 Å². The van der Waals surface area contributed by atoms with Crippen molar-refractivity contribution in [2.45, 2.75) is 18.9 Å². The van der Waals surface area contributed by atoms with E-state index in [-0.39, 0.29) is 23.6 Å². The van der Waals surface area contributed by atoms with Gasteiger partial charge in [0.05, 0.1) is 23.7 Å². The van der Waals surface area contributed by atoms with Crippen molar-refractivity contribution in [3.8, 4) is 0 Å². The molecule has 7 nitrogen and oxygen atoms in total. The van der Waals surface area contributed by atoms with Gasteiger partial charge >= 0.3 is 5.97 Å². The van der Waals surface area contributed by atoms with E-state index in [1.165, 1.54) is 23.1 Å². The Hall–Kier alpha value is -2.70. The number of carbonyl (C=O) groups excluding carboxylic acids is 3. The lowest BCUT2D eigenvalue weighted by atomic mass is 10.1. The number of nitrogens with zero attached hydrogens (tertiary/aromatic N) is 1. The number of hydrogen-bond acceptors (Lipinski definition) is 4. The molecule has 1 atom stereocenters. The van der Waals surface area contributed by atoms with Crippen molar-refractivity contribution in [1.29, 1.82) is 0 Å². The third-order valence-electron chi connectivity index (χ3n) is 3.58. The Morgan fingerprint density at radius 3 is 2.59 bits per heavy atom. The summed E-state index contributed by atoms with van der Waals surface area (Å²) in [4.78, 5) is 47.4. The van der Waals surface area contributed by atoms with Gasteiger partial charge in [0.25, 0.3) is 5.91 Å². The maximum absolute atomic E-state index is 12.0. The molecule has 0 radical (unpaired) electrons. The molecule has 1 aliphatic rings. The molecule has 2 N–H and O–H groups in total. The minimum absolute atomic E-state index is 0.00356. The highest BCUT2D eigenvalue weighted by molar-refractivity contribution is 6.05. The molecule has 2 amide bonds. The second kappa shape index (κ2) is 6.84. The smallest absolute Gasteiger partial charge is 0.336 e. The van der Waals surface area contributed by atoms with Crippen molar-refractivity contribution >= 4 is 24.1 Å². The summed E-state index contributed by atoms with van der Waals surface area (Å²) in [5, 5.41) is 11.4. The Bertz CT molecular complexity index is 614. The SMILES string of the molecule is O=C[C@@H]1CCCN1C(=O)CNC(=O)c1ccccc1C(=O)O. The molecule has 1 heterocycles. The van der Waals surface area contributed by atoms with Crippen molar-refractivity contribution in [1.82, 2.24) is 10.2 Å². The number of nitrogens with one attached hydrogen (secondary N) is 1. The molecule has 0 saturated carbocycles. The largest absolute Gasteiger partial charge is 0.478 e.